The molecule has 0 saturated carbocycles. The Balaban J connectivity index is 1.44. The molecule has 8 heteroatoms. The number of pyridine rings is 1. The maximum absolute atomic E-state index is 12.9. The first kappa shape index (κ1) is 22.1. The summed E-state index contributed by atoms with van der Waals surface area (Å²) in [7, 11) is 0. The Morgan fingerprint density at radius 3 is 2.59 bits per heavy atom. The summed E-state index contributed by atoms with van der Waals surface area (Å²) < 4.78 is 6.33. The second-order valence-electron chi connectivity index (χ2n) is 7.10. The van der Waals surface area contributed by atoms with Gasteiger partial charge in [-0.3, -0.25) is 15.1 Å². The Labute approximate surface area is 197 Å². The fourth-order valence-corrected chi connectivity index (χ4v) is 4.41. The molecule has 1 N–H and O–H groups in total. The molecule has 0 radical (unpaired) electrons. The number of hydrogen-bond acceptors (Lipinski definition) is 6. The van der Waals surface area contributed by atoms with Crippen LogP contribution in [0.4, 0.5) is 5.13 Å². The average molecular weight is 510 g/mol. The van der Waals surface area contributed by atoms with Crippen LogP contribution in [0.5, 0.6) is 0 Å². The van der Waals surface area contributed by atoms with E-state index in [2.05, 4.69) is 31.2 Å². The van der Waals surface area contributed by atoms with Gasteiger partial charge in [0.15, 0.2) is 11.7 Å². The van der Waals surface area contributed by atoms with Crippen LogP contribution in [-0.4, -0.2) is 28.5 Å². The van der Waals surface area contributed by atoms with Gasteiger partial charge in [0, 0.05) is 26.5 Å². The Hall–Kier alpha value is -3.10. The molecule has 0 unspecified atom stereocenters. The minimum atomic E-state index is -0.541. The summed E-state index contributed by atoms with van der Waals surface area (Å²) in [6, 6.07) is 15.2. The first-order valence-corrected chi connectivity index (χ1v) is 11.7. The maximum Gasteiger partial charge on any atom is 0.339 e. The van der Waals surface area contributed by atoms with Gasteiger partial charge in [-0.05, 0) is 37.1 Å². The molecule has 1 amide bonds. The monoisotopic (exact) mass is 509 g/mol. The number of para-hydroxylation sites is 1. The van der Waals surface area contributed by atoms with Crippen LogP contribution in [0.1, 0.15) is 28.5 Å². The van der Waals surface area contributed by atoms with E-state index in [-0.39, 0.29) is 0 Å². The van der Waals surface area contributed by atoms with Crippen LogP contribution >= 0.6 is 27.3 Å². The molecule has 0 aliphatic rings. The van der Waals surface area contributed by atoms with Crippen molar-refractivity contribution >= 4 is 55.2 Å². The molecule has 0 saturated heterocycles. The van der Waals surface area contributed by atoms with E-state index < -0.39 is 18.5 Å². The zero-order valence-corrected chi connectivity index (χ0v) is 19.9. The number of aryl methyl sites for hydroxylation is 1. The highest BCUT2D eigenvalue weighted by atomic mass is 79.9. The molecule has 2 heterocycles. The highest BCUT2D eigenvalue weighted by Gasteiger charge is 2.20. The first-order valence-electron chi connectivity index (χ1n) is 10.0. The number of thiazole rings is 1. The van der Waals surface area contributed by atoms with Gasteiger partial charge in [-0.25, -0.2) is 9.78 Å². The fraction of sp³-hybridized carbons (Fsp3) is 0.167. The van der Waals surface area contributed by atoms with E-state index in [1.165, 1.54) is 11.3 Å². The van der Waals surface area contributed by atoms with Crippen LogP contribution in [0.2, 0.25) is 0 Å². The van der Waals surface area contributed by atoms with Crippen molar-refractivity contribution in [2.24, 2.45) is 0 Å². The Kier molecular flexibility index (Phi) is 6.62. The van der Waals surface area contributed by atoms with Crippen molar-refractivity contribution in [3.05, 3.63) is 75.2 Å². The van der Waals surface area contributed by atoms with Crippen molar-refractivity contribution in [3.63, 3.8) is 0 Å². The van der Waals surface area contributed by atoms with Crippen molar-refractivity contribution in [3.8, 4) is 11.3 Å². The summed E-state index contributed by atoms with van der Waals surface area (Å²) >= 11 is 4.72. The standard InChI is InChI=1S/C24H20BrN3O3S/c1-3-18-14(2)22(17-6-4-5-7-19(17)26-18)23(30)31-12-21(29)28-24-27-20(13-32-24)15-8-10-16(25)11-9-15/h4-11,13H,3,12H2,1-2H3,(H,27,28,29). The number of amides is 1. The van der Waals surface area contributed by atoms with Crippen LogP contribution in [0.3, 0.4) is 0 Å². The topological polar surface area (TPSA) is 81.2 Å². The number of halogens is 1. The summed E-state index contributed by atoms with van der Waals surface area (Å²) in [6.07, 6.45) is 0.697. The Morgan fingerprint density at radius 1 is 1.09 bits per heavy atom. The van der Waals surface area contributed by atoms with Crippen molar-refractivity contribution in [1.82, 2.24) is 9.97 Å². The summed E-state index contributed by atoms with van der Waals surface area (Å²) in [5.74, 6) is -0.984. The SMILES string of the molecule is CCc1nc2ccccc2c(C(=O)OCC(=O)Nc2nc(-c3ccc(Br)cc3)cs2)c1C. The number of carbonyl (C=O) groups is 2. The molecule has 0 fully saturated rings. The van der Waals surface area contributed by atoms with E-state index in [0.717, 1.165) is 32.5 Å². The molecule has 0 aliphatic heterocycles. The van der Waals surface area contributed by atoms with E-state index in [4.69, 9.17) is 4.74 Å². The van der Waals surface area contributed by atoms with Crippen LogP contribution in [0.15, 0.2) is 58.4 Å². The predicted molar refractivity (Wildman–Crippen MR) is 130 cm³/mol. The molecular formula is C24H20BrN3O3S. The van der Waals surface area contributed by atoms with Gasteiger partial charge in [-0.1, -0.05) is 53.2 Å². The lowest BCUT2D eigenvalue weighted by Gasteiger charge is -2.13. The van der Waals surface area contributed by atoms with E-state index in [1.807, 2.05) is 67.8 Å². The van der Waals surface area contributed by atoms with Gasteiger partial charge >= 0.3 is 5.97 Å². The molecule has 4 rings (SSSR count). The van der Waals surface area contributed by atoms with E-state index >= 15 is 0 Å². The largest absolute Gasteiger partial charge is 0.452 e. The average Bonchev–Trinajstić information content (AvgIpc) is 3.26. The molecule has 6 nitrogen and oxygen atoms in total. The molecule has 0 bridgehead atoms. The summed E-state index contributed by atoms with van der Waals surface area (Å²) in [5, 5.41) is 5.72. The van der Waals surface area contributed by atoms with Gasteiger partial charge < -0.3 is 4.74 Å². The smallest absolute Gasteiger partial charge is 0.339 e. The van der Waals surface area contributed by atoms with Gasteiger partial charge in [0.25, 0.3) is 5.91 Å². The third-order valence-corrected chi connectivity index (χ3v) is 6.29. The first-order chi connectivity index (χ1) is 15.5. The van der Waals surface area contributed by atoms with Crippen LogP contribution in [0.25, 0.3) is 22.2 Å². The van der Waals surface area contributed by atoms with Crippen molar-refractivity contribution < 1.29 is 14.3 Å². The van der Waals surface area contributed by atoms with Crippen molar-refractivity contribution in [2.45, 2.75) is 20.3 Å². The number of ether oxygens (including phenoxy) is 1. The highest BCUT2D eigenvalue weighted by molar-refractivity contribution is 9.10. The van der Waals surface area contributed by atoms with E-state index in [1.54, 1.807) is 0 Å². The van der Waals surface area contributed by atoms with E-state index in [0.29, 0.717) is 22.5 Å². The third-order valence-electron chi connectivity index (χ3n) is 5.00. The van der Waals surface area contributed by atoms with Crippen molar-refractivity contribution in [2.75, 3.05) is 11.9 Å². The lowest BCUT2D eigenvalue weighted by molar-refractivity contribution is -0.119. The Morgan fingerprint density at radius 2 is 1.84 bits per heavy atom. The van der Waals surface area contributed by atoms with Gasteiger partial charge in [0.2, 0.25) is 0 Å². The predicted octanol–water partition coefficient (Wildman–Crippen LogP) is 5.79. The van der Waals surface area contributed by atoms with Gasteiger partial charge in [0.1, 0.15) is 0 Å². The number of hydrogen-bond donors (Lipinski definition) is 1. The number of aromatic nitrogens is 2. The maximum atomic E-state index is 12.9. The molecule has 2 aromatic heterocycles. The zero-order chi connectivity index (χ0) is 22.7. The lowest BCUT2D eigenvalue weighted by atomic mass is 10.0. The number of esters is 1. The Bertz CT molecular complexity index is 1300. The lowest BCUT2D eigenvalue weighted by Crippen LogP contribution is -2.21. The van der Waals surface area contributed by atoms with Gasteiger partial charge in [-0.15, -0.1) is 11.3 Å². The molecular weight excluding hydrogens is 490 g/mol. The second-order valence-corrected chi connectivity index (χ2v) is 8.87. The molecule has 4 aromatic rings. The fourth-order valence-electron chi connectivity index (χ4n) is 3.41. The molecule has 0 atom stereocenters. The highest BCUT2D eigenvalue weighted by Crippen LogP contribution is 2.27. The number of nitrogens with one attached hydrogen (secondary N) is 1. The van der Waals surface area contributed by atoms with Crippen LogP contribution in [-0.2, 0) is 16.0 Å². The van der Waals surface area contributed by atoms with Crippen molar-refractivity contribution in [1.29, 1.82) is 0 Å². The normalized spacial score (nSPS) is 10.8. The number of rotatable bonds is 6. The number of anilines is 1. The van der Waals surface area contributed by atoms with Crippen LogP contribution < -0.4 is 5.32 Å². The zero-order valence-electron chi connectivity index (χ0n) is 17.5. The minimum Gasteiger partial charge on any atom is -0.452 e. The molecule has 2 aromatic carbocycles. The molecule has 0 aliphatic carbocycles. The number of benzene rings is 2. The summed E-state index contributed by atoms with van der Waals surface area (Å²) in [5.41, 5.74) is 4.50. The number of carbonyl (C=O) groups excluding carboxylic acids is 2. The molecule has 32 heavy (non-hydrogen) atoms. The number of nitrogens with zero attached hydrogens (tertiary/aromatic N) is 2. The molecule has 0 spiro atoms. The quantitative estimate of drug-likeness (QED) is 0.332. The van der Waals surface area contributed by atoms with Gasteiger partial charge in [0.05, 0.1) is 16.8 Å². The number of fused-ring (bicyclic) bond motifs is 1. The van der Waals surface area contributed by atoms with Crippen LogP contribution in [0, 0.1) is 6.92 Å². The molecule has 162 valence electrons. The van der Waals surface area contributed by atoms with Gasteiger partial charge in [-0.2, -0.15) is 0 Å². The second kappa shape index (κ2) is 9.58. The summed E-state index contributed by atoms with van der Waals surface area (Å²) in [4.78, 5) is 34.3. The van der Waals surface area contributed by atoms with E-state index in [9.17, 15) is 9.59 Å². The third kappa shape index (κ3) is 4.71. The minimum absolute atomic E-state index is 0.399. The summed E-state index contributed by atoms with van der Waals surface area (Å²) in [6.45, 7) is 3.45.